The fourth-order valence-corrected chi connectivity index (χ4v) is 7.56. The maximum atomic E-state index is 2.47. The van der Waals surface area contributed by atoms with E-state index < -0.39 is 0 Å². The van der Waals surface area contributed by atoms with Gasteiger partial charge in [-0.3, -0.25) is 0 Å². The molecule has 0 fully saturated rings. The smallest absolute Gasteiger partial charge is 0.0547 e. The molecule has 1 aliphatic rings. The lowest BCUT2D eigenvalue weighted by Crippen LogP contribution is -2.14. The number of nitrogens with zero attached hydrogens (tertiary/aromatic N) is 1. The summed E-state index contributed by atoms with van der Waals surface area (Å²) >= 11 is 0. The molecule has 0 bridgehead atoms. The van der Waals surface area contributed by atoms with E-state index in [9.17, 15) is 0 Å². The summed E-state index contributed by atoms with van der Waals surface area (Å²) in [5, 5.41) is 7.70. The van der Waals surface area contributed by atoms with Gasteiger partial charge in [0.05, 0.1) is 11.0 Å². The molecule has 0 spiro atoms. The van der Waals surface area contributed by atoms with Crippen molar-refractivity contribution in [2.75, 3.05) is 0 Å². The summed E-state index contributed by atoms with van der Waals surface area (Å²) in [4.78, 5) is 0. The summed E-state index contributed by atoms with van der Waals surface area (Å²) in [5.74, 6) is 0. The number of benzene rings is 7. The van der Waals surface area contributed by atoms with E-state index in [-0.39, 0.29) is 5.41 Å². The summed E-state index contributed by atoms with van der Waals surface area (Å²) in [6.45, 7) is 4.70. The molecule has 1 aromatic heterocycles. The Bertz CT molecular complexity index is 2380. The van der Waals surface area contributed by atoms with E-state index in [4.69, 9.17) is 0 Å². The van der Waals surface area contributed by atoms with Crippen molar-refractivity contribution in [3.63, 3.8) is 0 Å². The summed E-state index contributed by atoms with van der Waals surface area (Å²) in [5.41, 5.74) is 11.7. The van der Waals surface area contributed by atoms with Crippen molar-refractivity contribution in [1.82, 2.24) is 4.57 Å². The average Bonchev–Trinajstić information content (AvgIpc) is 3.48. The third kappa shape index (κ3) is 3.14. The number of hydrogen-bond acceptors (Lipinski definition) is 0. The molecule has 198 valence electrons. The van der Waals surface area contributed by atoms with Crippen molar-refractivity contribution < 1.29 is 0 Å². The van der Waals surface area contributed by atoms with Crippen LogP contribution in [-0.4, -0.2) is 4.57 Å². The van der Waals surface area contributed by atoms with Gasteiger partial charge in [0.1, 0.15) is 0 Å². The molecule has 0 atom stereocenters. The zero-order chi connectivity index (χ0) is 28.0. The van der Waals surface area contributed by atoms with Crippen molar-refractivity contribution in [3.8, 4) is 27.9 Å². The number of rotatable bonds is 2. The van der Waals surface area contributed by atoms with Gasteiger partial charge in [0.25, 0.3) is 0 Å². The Morgan fingerprint density at radius 2 is 1.17 bits per heavy atom. The molecule has 42 heavy (non-hydrogen) atoms. The largest absolute Gasteiger partial charge is 0.309 e. The van der Waals surface area contributed by atoms with Gasteiger partial charge in [-0.1, -0.05) is 123 Å². The molecule has 0 radical (unpaired) electrons. The van der Waals surface area contributed by atoms with Crippen molar-refractivity contribution in [2.24, 2.45) is 0 Å². The highest BCUT2D eigenvalue weighted by atomic mass is 15.0. The minimum absolute atomic E-state index is 0.0194. The monoisotopic (exact) mass is 535 g/mol. The van der Waals surface area contributed by atoms with Crippen LogP contribution in [0.1, 0.15) is 25.0 Å². The number of aromatic nitrogens is 1. The molecule has 1 heterocycles. The molecule has 7 aromatic carbocycles. The van der Waals surface area contributed by atoms with Crippen LogP contribution in [0.15, 0.2) is 140 Å². The van der Waals surface area contributed by atoms with E-state index in [1.165, 1.54) is 82.4 Å². The Hall–Kier alpha value is -5.14. The molecule has 0 aliphatic heterocycles. The van der Waals surface area contributed by atoms with Crippen LogP contribution in [0, 0.1) is 0 Å². The third-order valence-electron chi connectivity index (χ3n) is 9.55. The fraction of sp³-hybridized carbons (Fsp3) is 0.0732. The number of fused-ring (bicyclic) bond motifs is 9. The molecule has 8 aromatic rings. The molecule has 0 unspecified atom stereocenters. The first-order valence-electron chi connectivity index (χ1n) is 14.8. The summed E-state index contributed by atoms with van der Waals surface area (Å²) in [6.07, 6.45) is 0. The van der Waals surface area contributed by atoms with Gasteiger partial charge in [0.15, 0.2) is 0 Å². The van der Waals surface area contributed by atoms with Gasteiger partial charge in [-0.05, 0) is 85.3 Å². The lowest BCUT2D eigenvalue weighted by Gasteiger charge is -2.21. The van der Waals surface area contributed by atoms with Gasteiger partial charge < -0.3 is 4.57 Å². The minimum atomic E-state index is -0.0194. The van der Waals surface area contributed by atoms with Gasteiger partial charge in [-0.15, -0.1) is 0 Å². The highest BCUT2D eigenvalue weighted by Crippen LogP contribution is 2.52. The van der Waals surface area contributed by atoms with E-state index in [0.29, 0.717) is 0 Å². The minimum Gasteiger partial charge on any atom is -0.309 e. The second-order valence-corrected chi connectivity index (χ2v) is 12.2. The SMILES string of the molecule is CC1(C)c2ccccc2-c2c(-c3cccc(-n4c5cc6ccccc6cc5c5c6ccccc6ccc54)c3)cccc21. The molecule has 0 amide bonds. The maximum Gasteiger partial charge on any atom is 0.0547 e. The Balaban J connectivity index is 1.35. The fourth-order valence-electron chi connectivity index (χ4n) is 7.56. The first-order chi connectivity index (χ1) is 20.6. The quantitative estimate of drug-likeness (QED) is 0.207. The Kier molecular flexibility index (Phi) is 4.73. The van der Waals surface area contributed by atoms with Gasteiger partial charge >= 0.3 is 0 Å². The Labute approximate surface area is 245 Å². The van der Waals surface area contributed by atoms with E-state index in [1.54, 1.807) is 0 Å². The summed E-state index contributed by atoms with van der Waals surface area (Å²) in [6, 6.07) is 51.7. The summed E-state index contributed by atoms with van der Waals surface area (Å²) in [7, 11) is 0. The third-order valence-corrected chi connectivity index (χ3v) is 9.55. The summed E-state index contributed by atoms with van der Waals surface area (Å²) < 4.78 is 2.47. The predicted octanol–water partition coefficient (Wildman–Crippen LogP) is 11.1. The predicted molar refractivity (Wildman–Crippen MR) is 179 cm³/mol. The molecule has 9 rings (SSSR count). The van der Waals surface area contributed by atoms with Gasteiger partial charge in [0.2, 0.25) is 0 Å². The highest BCUT2D eigenvalue weighted by molar-refractivity contribution is 6.23. The van der Waals surface area contributed by atoms with Crippen LogP contribution in [0.3, 0.4) is 0 Å². The molecule has 1 nitrogen and oxygen atoms in total. The molecular weight excluding hydrogens is 506 g/mol. The van der Waals surface area contributed by atoms with E-state index in [2.05, 4.69) is 158 Å². The molecular formula is C41H29N. The van der Waals surface area contributed by atoms with E-state index >= 15 is 0 Å². The van der Waals surface area contributed by atoms with Crippen LogP contribution >= 0.6 is 0 Å². The van der Waals surface area contributed by atoms with Gasteiger partial charge in [-0.25, -0.2) is 0 Å². The molecule has 1 aliphatic carbocycles. The van der Waals surface area contributed by atoms with Gasteiger partial charge in [-0.2, -0.15) is 0 Å². The maximum absolute atomic E-state index is 2.47. The van der Waals surface area contributed by atoms with Crippen LogP contribution in [0.2, 0.25) is 0 Å². The standard InChI is InChI=1S/C41H29N/c1-41(2)35-19-8-7-17-33(35)39-32(18-10-20-36(39)41)29-14-9-15-30(23-29)42-37-22-21-26-11-5-6-16-31(26)40(37)34-24-27-12-3-4-13-28(27)25-38(34)42/h3-25H,1-2H3. The lowest BCUT2D eigenvalue weighted by molar-refractivity contribution is 0.660. The first kappa shape index (κ1) is 23.6. The second kappa shape index (κ2) is 8.44. The zero-order valence-electron chi connectivity index (χ0n) is 23.7. The Morgan fingerprint density at radius 3 is 2.05 bits per heavy atom. The molecule has 0 saturated carbocycles. The highest BCUT2D eigenvalue weighted by Gasteiger charge is 2.36. The van der Waals surface area contributed by atoms with Crippen molar-refractivity contribution in [3.05, 3.63) is 151 Å². The zero-order valence-corrected chi connectivity index (χ0v) is 23.7. The van der Waals surface area contributed by atoms with Crippen LogP contribution < -0.4 is 0 Å². The molecule has 0 N–H and O–H groups in total. The molecule has 0 saturated heterocycles. The van der Waals surface area contributed by atoms with Crippen LogP contribution in [0.4, 0.5) is 0 Å². The number of hydrogen-bond donors (Lipinski definition) is 0. The Morgan fingerprint density at radius 1 is 0.476 bits per heavy atom. The van der Waals surface area contributed by atoms with E-state index in [0.717, 1.165) is 0 Å². The van der Waals surface area contributed by atoms with E-state index in [1.807, 2.05) is 0 Å². The lowest BCUT2D eigenvalue weighted by atomic mass is 9.82. The van der Waals surface area contributed by atoms with Crippen LogP contribution in [0.5, 0.6) is 0 Å². The normalized spacial score (nSPS) is 13.7. The average molecular weight is 536 g/mol. The van der Waals surface area contributed by atoms with Gasteiger partial charge in [0, 0.05) is 21.9 Å². The van der Waals surface area contributed by atoms with Crippen molar-refractivity contribution in [1.29, 1.82) is 0 Å². The van der Waals surface area contributed by atoms with Crippen LogP contribution in [-0.2, 0) is 5.41 Å². The van der Waals surface area contributed by atoms with Crippen molar-refractivity contribution >= 4 is 43.4 Å². The topological polar surface area (TPSA) is 4.93 Å². The molecule has 1 heteroatoms. The van der Waals surface area contributed by atoms with Crippen LogP contribution in [0.25, 0.3) is 71.3 Å². The second-order valence-electron chi connectivity index (χ2n) is 12.2. The first-order valence-corrected chi connectivity index (χ1v) is 14.8. The van der Waals surface area contributed by atoms with Crippen molar-refractivity contribution in [2.45, 2.75) is 19.3 Å².